The average molecular weight is 650 g/mol. The van der Waals surface area contributed by atoms with Crippen molar-refractivity contribution in [2.24, 2.45) is 0 Å². The van der Waals surface area contributed by atoms with Crippen LogP contribution in [0.5, 0.6) is 0 Å². The van der Waals surface area contributed by atoms with Crippen LogP contribution in [0.15, 0.2) is 23.4 Å². The monoisotopic (exact) mass is 650 g/mol. The lowest BCUT2D eigenvalue weighted by atomic mass is 9.91. The fourth-order valence-electron chi connectivity index (χ4n) is 3.21. The second-order valence-electron chi connectivity index (χ2n) is 7.59. The average Bonchev–Trinajstić information content (AvgIpc) is 3.18. The van der Waals surface area contributed by atoms with Crippen molar-refractivity contribution in [1.82, 2.24) is 0 Å². The second-order valence-corrected chi connectivity index (χ2v) is 11.5. The van der Waals surface area contributed by atoms with Crippen LogP contribution in [0.4, 0.5) is 101 Å². The summed E-state index contributed by atoms with van der Waals surface area (Å²) in [4.78, 5) is 0. The smallest absolute Gasteiger partial charge is 0.203 e. The molecule has 0 aromatic rings. The van der Waals surface area contributed by atoms with Crippen LogP contribution in [-0.4, -0.2) is 66.9 Å². The van der Waals surface area contributed by atoms with Crippen LogP contribution in [0.3, 0.4) is 0 Å². The van der Waals surface area contributed by atoms with Gasteiger partial charge in [-0.15, -0.1) is 0 Å². The van der Waals surface area contributed by atoms with Gasteiger partial charge in [-0.1, -0.05) is 23.4 Å². The summed E-state index contributed by atoms with van der Waals surface area (Å²) in [6.45, 7) is 0. The Morgan fingerprint density at radius 3 is 1.00 bits per heavy atom. The molecule has 1 aliphatic carbocycles. The molecular weight excluding hydrogens is 645 g/mol. The van der Waals surface area contributed by atoms with E-state index in [1.165, 1.54) is 0 Å². The van der Waals surface area contributed by atoms with Gasteiger partial charge in [0.15, 0.2) is 0 Å². The summed E-state index contributed by atoms with van der Waals surface area (Å²) in [5.74, 6) is -70.1. The van der Waals surface area contributed by atoms with Crippen LogP contribution in [0.1, 0.15) is 6.42 Å². The van der Waals surface area contributed by atoms with Crippen molar-refractivity contribution in [2.45, 2.75) is 65.3 Å². The topological polar surface area (TPSA) is 0 Å². The van der Waals surface area contributed by atoms with Crippen LogP contribution in [0.2, 0.25) is 0 Å². The Kier molecular flexibility index (Phi) is 7.92. The number of rotatable bonds is 8. The lowest BCUT2D eigenvalue weighted by molar-refractivity contribution is -0.459. The summed E-state index contributed by atoms with van der Waals surface area (Å²) >= 11 is 0. The van der Waals surface area contributed by atoms with E-state index in [1.54, 1.807) is 0 Å². The highest BCUT2D eigenvalue weighted by Crippen LogP contribution is 2.67. The largest absolute Gasteiger partial charge is 0.460 e. The van der Waals surface area contributed by atoms with Crippen molar-refractivity contribution in [3.63, 3.8) is 0 Å². The van der Waals surface area contributed by atoms with Gasteiger partial charge in [0.25, 0.3) is 0 Å². The molecule has 0 N–H and O–H groups in total. The van der Waals surface area contributed by atoms with E-state index in [-0.39, 0.29) is 12.2 Å². The maximum Gasteiger partial charge on any atom is 0.460 e. The van der Waals surface area contributed by atoms with Gasteiger partial charge in [0.05, 0.1) is 0 Å². The van der Waals surface area contributed by atoms with E-state index >= 15 is 0 Å². The van der Waals surface area contributed by atoms with Crippen molar-refractivity contribution >= 4 is 8.07 Å². The molecule has 0 nitrogen and oxygen atoms in total. The highest BCUT2D eigenvalue weighted by Gasteiger charge is 3.00. The maximum absolute atomic E-state index is 14.5. The maximum atomic E-state index is 14.5. The molecule has 0 radical (unpaired) electrons. The van der Waals surface area contributed by atoms with Crippen molar-refractivity contribution in [3.05, 3.63) is 23.4 Å². The van der Waals surface area contributed by atoms with Crippen LogP contribution in [0.25, 0.3) is 0 Å². The number of allylic oxidation sites excluding steroid dienone is 4. The van der Waals surface area contributed by atoms with Crippen LogP contribution in [-0.2, 0) is 0 Å². The van der Waals surface area contributed by atoms with E-state index in [4.69, 9.17) is 0 Å². The van der Waals surface area contributed by atoms with Crippen molar-refractivity contribution in [2.75, 3.05) is 0 Å². The Hall–Kier alpha value is -1.91. The predicted molar refractivity (Wildman–Crippen MR) is 80.4 cm³/mol. The summed E-state index contributed by atoms with van der Waals surface area (Å²) in [7, 11) is -9.85. The molecule has 0 aromatic carbocycles. The van der Waals surface area contributed by atoms with E-state index < -0.39 is 84.6 Å². The van der Waals surface area contributed by atoms with Gasteiger partial charge < -0.3 is 0 Å². The molecule has 0 unspecified atom stereocenters. The molecule has 1 aliphatic rings. The van der Waals surface area contributed by atoms with E-state index in [9.17, 15) is 101 Å². The molecule has 0 saturated carbocycles. The third-order valence-electron chi connectivity index (χ3n) is 5.30. The molecule has 0 bridgehead atoms. The minimum absolute atomic E-state index is 0.0173. The van der Waals surface area contributed by atoms with E-state index in [0.717, 1.165) is 0 Å². The van der Waals surface area contributed by atoms with Crippen molar-refractivity contribution in [1.29, 1.82) is 0 Å². The Morgan fingerprint density at radius 2 is 0.744 bits per heavy atom. The fraction of sp³-hybridized carbons (Fsp3) is 0.733. The SMILES string of the molecule is FC(F)(F)C(F)(F)C(F)(F)C(F)(F)C(F)(F)C(F)(F)C(F)(F)C(F)(F)[Si](C1=CC=CC1)(C(F)(F)F)C(F)(F)F. The van der Waals surface area contributed by atoms with Gasteiger partial charge in [0.2, 0.25) is 0 Å². The third-order valence-corrected chi connectivity index (χ3v) is 9.59. The molecule has 0 atom stereocenters. The van der Waals surface area contributed by atoms with Gasteiger partial charge in [-0.3, -0.25) is 0 Å². The van der Waals surface area contributed by atoms with Gasteiger partial charge in [-0.25, -0.2) is 8.78 Å². The summed E-state index contributed by atoms with van der Waals surface area (Å²) in [5.41, 5.74) is -8.68. The molecule has 0 saturated heterocycles. The standard InChI is InChI=1S/C15H5F23Si/c16-6(17,8(20,21)10(24,25)12(28,29)30)7(18,19)9(22,23)11(26,27)13(31,32)39(14(33,34)35,15(36,37)38)5-3-1-2-4-5/h1-3H,4H2. The van der Waals surface area contributed by atoms with Gasteiger partial charge >= 0.3 is 66.9 Å². The van der Waals surface area contributed by atoms with Gasteiger partial charge in [0.1, 0.15) is 0 Å². The minimum Gasteiger partial charge on any atom is -0.203 e. The quantitative estimate of drug-likeness (QED) is 0.182. The molecule has 0 aromatic heterocycles. The first-order valence-corrected chi connectivity index (χ1v) is 10.8. The van der Waals surface area contributed by atoms with Gasteiger partial charge in [-0.05, 0) is 6.42 Å². The lowest BCUT2D eigenvalue weighted by Crippen LogP contribution is -2.83. The van der Waals surface area contributed by atoms with Crippen molar-refractivity contribution < 1.29 is 101 Å². The number of alkyl halides is 23. The molecule has 0 amide bonds. The Bertz CT molecular complexity index is 972. The van der Waals surface area contributed by atoms with E-state index in [1.807, 2.05) is 0 Å². The van der Waals surface area contributed by atoms with Crippen LogP contribution < -0.4 is 0 Å². The van der Waals surface area contributed by atoms with Crippen LogP contribution >= 0.6 is 0 Å². The lowest BCUT2D eigenvalue weighted by Gasteiger charge is -2.47. The third kappa shape index (κ3) is 4.10. The van der Waals surface area contributed by atoms with Gasteiger partial charge in [-0.2, -0.15) is 92.2 Å². The molecule has 0 spiro atoms. The predicted octanol–water partition coefficient (Wildman–Crippen LogP) is 8.61. The van der Waals surface area contributed by atoms with E-state index in [2.05, 4.69) is 0 Å². The highest BCUT2D eigenvalue weighted by atomic mass is 28.3. The molecule has 24 heteroatoms. The normalized spacial score (nSPS) is 18.1. The summed E-state index contributed by atoms with van der Waals surface area (Å²) in [6, 6.07) is 0. The molecule has 1 rings (SSSR count). The minimum atomic E-state index is -9.85. The zero-order valence-electron chi connectivity index (χ0n) is 17.1. The molecule has 230 valence electrons. The zero-order chi connectivity index (χ0) is 31.9. The molecule has 0 heterocycles. The first-order chi connectivity index (χ1) is 16.6. The van der Waals surface area contributed by atoms with Gasteiger partial charge in [0, 0.05) is 0 Å². The number of halogens is 23. The first kappa shape index (κ1) is 35.1. The second kappa shape index (κ2) is 8.79. The Labute approximate surface area is 199 Å². The molecule has 39 heavy (non-hydrogen) atoms. The Balaban J connectivity index is 4.10. The number of hydrogen-bond donors (Lipinski definition) is 0. The summed E-state index contributed by atoms with van der Waals surface area (Å²) < 4.78 is 309. The van der Waals surface area contributed by atoms with Crippen molar-refractivity contribution in [3.8, 4) is 0 Å². The summed E-state index contributed by atoms with van der Waals surface area (Å²) in [6.07, 6.45) is -10.7. The Morgan fingerprint density at radius 1 is 0.436 bits per heavy atom. The molecule has 0 aliphatic heterocycles. The first-order valence-electron chi connectivity index (χ1n) is 8.81. The highest BCUT2D eigenvalue weighted by molar-refractivity contribution is 6.92. The zero-order valence-corrected chi connectivity index (χ0v) is 18.1. The fourth-order valence-corrected chi connectivity index (χ4v) is 6.77. The molecular formula is C15H5F23Si. The molecule has 0 fully saturated rings. The summed E-state index contributed by atoms with van der Waals surface area (Å²) in [5, 5.41) is -2.91. The number of hydrogen-bond acceptors (Lipinski definition) is 0. The van der Waals surface area contributed by atoms with Crippen LogP contribution in [0, 0.1) is 0 Å². The van der Waals surface area contributed by atoms with E-state index in [0.29, 0.717) is 0 Å².